The zero-order chi connectivity index (χ0) is 81.7. The van der Waals surface area contributed by atoms with Gasteiger partial charge in [-0.15, -0.1) is 0 Å². The van der Waals surface area contributed by atoms with E-state index in [1.165, 1.54) is 51.4 Å². The average Bonchev–Trinajstić information content (AvgIpc) is 0.846. The van der Waals surface area contributed by atoms with Crippen molar-refractivity contribution in [3.63, 3.8) is 0 Å². The number of ether oxygens (including phenoxy) is 17. The van der Waals surface area contributed by atoms with Crippen molar-refractivity contribution >= 4 is 29.8 Å². The molecular formula is C93H164O22. The van der Waals surface area contributed by atoms with Crippen LogP contribution in [-0.4, -0.2) is 208 Å². The first-order chi connectivity index (χ1) is 56.7. The summed E-state index contributed by atoms with van der Waals surface area (Å²) in [5, 5.41) is 0. The molecule has 0 saturated heterocycles. The fourth-order valence-corrected chi connectivity index (χ4v) is 14.7. The van der Waals surface area contributed by atoms with Gasteiger partial charge < -0.3 is 80.5 Å². The van der Waals surface area contributed by atoms with Crippen LogP contribution in [0.5, 0.6) is 11.5 Å². The number of benzene rings is 1. The Labute approximate surface area is 696 Å². The van der Waals surface area contributed by atoms with Gasteiger partial charge in [0.2, 0.25) is 0 Å². The molecule has 0 spiro atoms. The van der Waals surface area contributed by atoms with Crippen molar-refractivity contribution in [2.75, 3.05) is 172 Å². The van der Waals surface area contributed by atoms with Crippen LogP contribution < -0.4 is 9.47 Å². The molecule has 22 nitrogen and oxygen atoms in total. The molecule has 0 atom stereocenters. The summed E-state index contributed by atoms with van der Waals surface area (Å²) in [5.74, 6) is 2.02. The summed E-state index contributed by atoms with van der Waals surface area (Å²) in [6.07, 6.45) is 46.6. The highest BCUT2D eigenvalue weighted by Gasteiger charge is 2.34. The normalized spacial score (nSPS) is 17.7. The molecule has 0 heterocycles. The van der Waals surface area contributed by atoms with Crippen LogP contribution in [-0.2, 0) is 95.0 Å². The van der Waals surface area contributed by atoms with Gasteiger partial charge in [-0.05, 0) is 286 Å². The third-order valence-electron chi connectivity index (χ3n) is 22.0. The number of hydrogen-bond donors (Lipinski definition) is 0. The molecular weight excluding hydrogens is 1470 g/mol. The largest absolute Gasteiger partial charge is 0.466 e. The average molecular weight is 1630 g/mol. The minimum absolute atomic E-state index is 0.0128. The minimum Gasteiger partial charge on any atom is -0.466 e. The van der Waals surface area contributed by atoms with Crippen LogP contribution in [0.4, 0.5) is 0 Å². The van der Waals surface area contributed by atoms with Crippen LogP contribution >= 0.6 is 0 Å². The molecule has 4 rings (SSSR count). The number of carbonyl (C=O) groups is 5. The van der Waals surface area contributed by atoms with Crippen molar-refractivity contribution < 1.29 is 104 Å². The molecule has 0 aromatic heterocycles. The van der Waals surface area contributed by atoms with E-state index in [1.54, 1.807) is 24.3 Å². The number of esters is 5. The van der Waals surface area contributed by atoms with Gasteiger partial charge >= 0.3 is 29.8 Å². The third-order valence-corrected chi connectivity index (χ3v) is 22.0. The Kier molecular flexibility index (Phi) is 69.6. The van der Waals surface area contributed by atoms with E-state index in [9.17, 15) is 24.0 Å². The summed E-state index contributed by atoms with van der Waals surface area (Å²) in [5.41, 5.74) is 0. The summed E-state index contributed by atoms with van der Waals surface area (Å²) in [6, 6.07) is 6.87. The van der Waals surface area contributed by atoms with Crippen molar-refractivity contribution in [2.24, 2.45) is 29.6 Å². The molecule has 0 radical (unpaired) electrons. The van der Waals surface area contributed by atoms with E-state index >= 15 is 0 Å². The van der Waals surface area contributed by atoms with Gasteiger partial charge in [-0.1, -0.05) is 58.8 Å². The Morgan fingerprint density at radius 3 is 0.774 bits per heavy atom. The number of carbonyl (C=O) groups excluding carboxylic acids is 5. The predicted molar refractivity (Wildman–Crippen MR) is 450 cm³/mol. The highest BCUT2D eigenvalue weighted by Crippen LogP contribution is 2.43. The van der Waals surface area contributed by atoms with Gasteiger partial charge in [-0.2, -0.15) is 0 Å². The lowest BCUT2D eigenvalue weighted by Gasteiger charge is -2.37. The van der Waals surface area contributed by atoms with Crippen LogP contribution in [0.3, 0.4) is 0 Å². The summed E-state index contributed by atoms with van der Waals surface area (Å²) in [7, 11) is 0. The van der Waals surface area contributed by atoms with Crippen LogP contribution in [0.1, 0.15) is 322 Å². The van der Waals surface area contributed by atoms with Gasteiger partial charge in [0, 0.05) is 158 Å². The molecule has 22 heteroatoms. The molecule has 3 aliphatic carbocycles. The van der Waals surface area contributed by atoms with E-state index in [0.717, 1.165) is 374 Å². The van der Waals surface area contributed by atoms with Gasteiger partial charge in [-0.3, -0.25) is 24.0 Å². The zero-order valence-electron chi connectivity index (χ0n) is 72.6. The fraction of sp³-hybridized carbons (Fsp3) is 0.882. The molecule has 0 unspecified atom stereocenters. The van der Waals surface area contributed by atoms with Crippen molar-refractivity contribution in [1.82, 2.24) is 0 Å². The smallest absolute Gasteiger partial charge is 0.314 e. The van der Waals surface area contributed by atoms with Gasteiger partial charge in [0.15, 0.2) is 0 Å². The Bertz CT molecular complexity index is 2360. The molecule has 115 heavy (non-hydrogen) atoms. The Morgan fingerprint density at radius 2 is 0.496 bits per heavy atom. The quantitative estimate of drug-likeness (QED) is 0.0255. The maximum atomic E-state index is 13.1. The second-order valence-corrected chi connectivity index (χ2v) is 32.1. The van der Waals surface area contributed by atoms with Crippen molar-refractivity contribution in [3.8, 4) is 11.5 Å². The zero-order valence-corrected chi connectivity index (χ0v) is 72.6. The molecule has 3 aliphatic rings. The maximum Gasteiger partial charge on any atom is 0.314 e. The van der Waals surface area contributed by atoms with E-state index < -0.39 is 0 Å². The summed E-state index contributed by atoms with van der Waals surface area (Å²) in [6.45, 7) is 22.8. The van der Waals surface area contributed by atoms with Crippen LogP contribution in [0.2, 0.25) is 0 Å². The lowest BCUT2D eigenvalue weighted by atomic mass is 9.68. The van der Waals surface area contributed by atoms with Crippen molar-refractivity contribution in [2.45, 2.75) is 328 Å². The second kappa shape index (κ2) is 77.4. The Morgan fingerprint density at radius 1 is 0.252 bits per heavy atom. The number of hydrogen-bond acceptors (Lipinski definition) is 22. The molecule has 0 bridgehead atoms. The SMILES string of the molecule is CCCCCC1CCC(C2CCC(C(=O)Oc3ccc(OC(=O)C4CCC(OCCCCCCOC(=O)CCC(=O)OCCCCOCCCCOCCCCOCCCCOCCCCOCCCCOCCCCOCCCCOCCCCOCCCCOCCCCOCCCCOC(=O)CCC)CC4)cc3)CC2)CC1. The fourth-order valence-electron chi connectivity index (χ4n) is 14.7. The summed E-state index contributed by atoms with van der Waals surface area (Å²) >= 11 is 0. The molecule has 1 aromatic rings. The van der Waals surface area contributed by atoms with E-state index in [-0.39, 0.29) is 60.6 Å². The number of unbranched alkanes of at least 4 members (excludes halogenated alkanes) is 17. The van der Waals surface area contributed by atoms with Gasteiger partial charge in [-0.25, -0.2) is 0 Å². The molecule has 0 N–H and O–H groups in total. The molecule has 0 aliphatic heterocycles. The molecule has 0 amide bonds. The van der Waals surface area contributed by atoms with Crippen LogP contribution in [0.15, 0.2) is 24.3 Å². The lowest BCUT2D eigenvalue weighted by Crippen LogP contribution is -2.30. The lowest BCUT2D eigenvalue weighted by molar-refractivity contribution is -0.150. The van der Waals surface area contributed by atoms with Crippen LogP contribution in [0, 0.1) is 29.6 Å². The molecule has 1 aromatic carbocycles. The third kappa shape index (κ3) is 62.0. The van der Waals surface area contributed by atoms with E-state index in [0.29, 0.717) is 70.6 Å². The maximum absolute atomic E-state index is 13.1. The molecule has 3 saturated carbocycles. The van der Waals surface area contributed by atoms with Gasteiger partial charge in [0.05, 0.1) is 50.6 Å². The summed E-state index contributed by atoms with van der Waals surface area (Å²) < 4.78 is 97.0. The van der Waals surface area contributed by atoms with Gasteiger partial charge in [0.25, 0.3) is 0 Å². The second-order valence-electron chi connectivity index (χ2n) is 32.1. The first-order valence-corrected chi connectivity index (χ1v) is 46.7. The first kappa shape index (κ1) is 103. The van der Waals surface area contributed by atoms with Crippen molar-refractivity contribution in [3.05, 3.63) is 24.3 Å². The highest BCUT2D eigenvalue weighted by atomic mass is 16.6. The highest BCUT2D eigenvalue weighted by molar-refractivity contribution is 5.78. The van der Waals surface area contributed by atoms with Gasteiger partial charge in [0.1, 0.15) is 11.5 Å². The molecule has 668 valence electrons. The van der Waals surface area contributed by atoms with E-state index in [2.05, 4.69) is 6.92 Å². The standard InChI is InChI=1S/C93H164O22/c1-3-5-8-36-81-37-39-82(40-38-81)83-41-43-84(44-42-83)92(97)114-87-49-51-88(52-50-87)115-93(98)85-45-47-86(48-46-85)110-77-9-6-7-10-78-112-90(95)53-54-91(96)113-80-34-32-76-109-74-30-28-72-107-70-26-24-68-105-66-22-20-64-103-62-18-16-60-101-58-14-12-56-99-55-11-13-57-100-59-15-17-61-102-63-19-21-65-104-67-23-25-69-106-71-27-29-73-108-75-31-33-79-111-89(94)35-4-2/h49-52,81-86H,3-48,53-80H2,1-2H3. The van der Waals surface area contributed by atoms with Crippen molar-refractivity contribution in [1.29, 1.82) is 0 Å². The van der Waals surface area contributed by atoms with Crippen LogP contribution in [0.25, 0.3) is 0 Å². The monoisotopic (exact) mass is 1630 g/mol. The summed E-state index contributed by atoms with van der Waals surface area (Å²) in [4.78, 5) is 61.9. The van der Waals surface area contributed by atoms with E-state index in [1.807, 2.05) is 6.92 Å². The van der Waals surface area contributed by atoms with E-state index in [4.69, 9.17) is 80.5 Å². The Hall–Kier alpha value is -3.91. The topological polar surface area (TPSA) is 242 Å². The number of rotatable bonds is 82. The molecule has 3 fully saturated rings. The minimum atomic E-state index is -0.390. The Balaban J connectivity index is 0.738. The predicted octanol–water partition coefficient (Wildman–Crippen LogP) is 19.6. The first-order valence-electron chi connectivity index (χ1n) is 46.7.